The standard InChI is InChI=1S/C20H22ClFN6O2/c1-2-23-20(29)30-13-5-3-4-12(7-13)27-19-16(22)10-26-18(28-19)15-9-25-17-14(15)6-11(21)8-24-17/h6,8-10,12-13H,2-5,7H2,1H3,(H,23,29)(H,24,25)(H,26,27,28). The van der Waals surface area contributed by atoms with Gasteiger partial charge in [0, 0.05) is 42.4 Å². The minimum Gasteiger partial charge on any atom is -0.446 e. The Hall–Kier alpha value is -2.94. The number of aromatic nitrogens is 4. The molecule has 158 valence electrons. The molecular weight excluding hydrogens is 411 g/mol. The van der Waals surface area contributed by atoms with E-state index in [1.54, 1.807) is 18.5 Å². The lowest BCUT2D eigenvalue weighted by molar-refractivity contribution is 0.0727. The molecule has 2 atom stereocenters. The summed E-state index contributed by atoms with van der Waals surface area (Å²) < 4.78 is 19.9. The number of rotatable bonds is 5. The number of carbonyl (C=O) groups is 1. The lowest BCUT2D eigenvalue weighted by atomic mass is 9.93. The molecule has 4 rings (SSSR count). The molecule has 0 aliphatic heterocycles. The zero-order valence-corrected chi connectivity index (χ0v) is 17.2. The van der Waals surface area contributed by atoms with E-state index in [2.05, 4.69) is 30.6 Å². The van der Waals surface area contributed by atoms with E-state index in [0.29, 0.717) is 35.0 Å². The van der Waals surface area contributed by atoms with Crippen LogP contribution < -0.4 is 10.6 Å². The zero-order chi connectivity index (χ0) is 21.1. The van der Waals surface area contributed by atoms with Crippen LogP contribution in [-0.4, -0.2) is 44.7 Å². The highest BCUT2D eigenvalue weighted by Gasteiger charge is 2.26. The number of H-pyrrole nitrogens is 1. The van der Waals surface area contributed by atoms with Gasteiger partial charge in [-0.2, -0.15) is 0 Å². The summed E-state index contributed by atoms with van der Waals surface area (Å²) in [6.07, 6.45) is 6.85. The minimum atomic E-state index is -0.540. The fraction of sp³-hybridized carbons (Fsp3) is 0.400. The number of anilines is 1. The first-order chi connectivity index (χ1) is 14.5. The van der Waals surface area contributed by atoms with E-state index in [1.165, 1.54) is 0 Å². The van der Waals surface area contributed by atoms with Crippen molar-refractivity contribution in [2.45, 2.75) is 44.8 Å². The van der Waals surface area contributed by atoms with Gasteiger partial charge in [-0.05, 0) is 32.3 Å². The van der Waals surface area contributed by atoms with Gasteiger partial charge >= 0.3 is 6.09 Å². The molecule has 3 heterocycles. The Morgan fingerprint density at radius 2 is 2.23 bits per heavy atom. The van der Waals surface area contributed by atoms with Crippen LogP contribution >= 0.6 is 11.6 Å². The number of nitrogens with one attached hydrogen (secondary N) is 3. The van der Waals surface area contributed by atoms with E-state index in [4.69, 9.17) is 16.3 Å². The first kappa shape index (κ1) is 20.3. The van der Waals surface area contributed by atoms with Crippen molar-refractivity contribution < 1.29 is 13.9 Å². The Bertz CT molecular complexity index is 1060. The summed E-state index contributed by atoms with van der Waals surface area (Å²) in [5.41, 5.74) is 1.33. The predicted octanol–water partition coefficient (Wildman–Crippen LogP) is 4.28. The third kappa shape index (κ3) is 4.46. The number of amides is 1. The first-order valence-corrected chi connectivity index (χ1v) is 10.3. The fourth-order valence-electron chi connectivity index (χ4n) is 3.67. The topological polar surface area (TPSA) is 105 Å². The maximum absolute atomic E-state index is 14.4. The molecule has 3 N–H and O–H groups in total. The number of pyridine rings is 1. The van der Waals surface area contributed by atoms with Gasteiger partial charge in [-0.1, -0.05) is 11.6 Å². The molecule has 1 fully saturated rings. The molecule has 0 bridgehead atoms. The molecule has 0 spiro atoms. The Kier molecular flexibility index (Phi) is 5.98. The predicted molar refractivity (Wildman–Crippen MR) is 112 cm³/mol. The largest absolute Gasteiger partial charge is 0.446 e. The van der Waals surface area contributed by atoms with Crippen molar-refractivity contribution in [1.29, 1.82) is 0 Å². The number of nitrogens with zero attached hydrogens (tertiary/aromatic N) is 3. The summed E-state index contributed by atoms with van der Waals surface area (Å²) in [6, 6.07) is 1.70. The molecule has 30 heavy (non-hydrogen) atoms. The van der Waals surface area contributed by atoms with Gasteiger partial charge in [0.1, 0.15) is 11.8 Å². The smallest absolute Gasteiger partial charge is 0.407 e. The highest BCUT2D eigenvalue weighted by Crippen LogP contribution is 2.29. The van der Waals surface area contributed by atoms with Crippen LogP contribution in [0.15, 0.2) is 24.7 Å². The van der Waals surface area contributed by atoms with Crippen LogP contribution in [0.3, 0.4) is 0 Å². The number of aromatic amines is 1. The number of hydrogen-bond donors (Lipinski definition) is 3. The monoisotopic (exact) mass is 432 g/mol. The van der Waals surface area contributed by atoms with Gasteiger partial charge in [0.2, 0.25) is 0 Å². The average Bonchev–Trinajstić information content (AvgIpc) is 3.13. The summed E-state index contributed by atoms with van der Waals surface area (Å²) in [5.74, 6) is -0.0605. The molecule has 0 saturated heterocycles. The van der Waals surface area contributed by atoms with Gasteiger partial charge in [0.25, 0.3) is 0 Å². The molecule has 1 amide bonds. The Balaban J connectivity index is 1.52. The lowest BCUT2D eigenvalue weighted by Crippen LogP contribution is -2.36. The van der Waals surface area contributed by atoms with Crippen LogP contribution in [0.5, 0.6) is 0 Å². The van der Waals surface area contributed by atoms with E-state index in [0.717, 1.165) is 30.8 Å². The second-order valence-corrected chi connectivity index (χ2v) is 7.64. The molecule has 0 radical (unpaired) electrons. The third-order valence-corrected chi connectivity index (χ3v) is 5.25. The van der Waals surface area contributed by atoms with Crippen molar-refractivity contribution in [2.75, 3.05) is 11.9 Å². The van der Waals surface area contributed by atoms with Crippen LogP contribution in [0.4, 0.5) is 15.0 Å². The van der Waals surface area contributed by atoms with E-state index in [1.807, 2.05) is 6.92 Å². The van der Waals surface area contributed by atoms with Crippen molar-refractivity contribution in [3.05, 3.63) is 35.5 Å². The van der Waals surface area contributed by atoms with Crippen LogP contribution in [0.2, 0.25) is 5.02 Å². The maximum atomic E-state index is 14.4. The summed E-state index contributed by atoms with van der Waals surface area (Å²) in [5, 5.41) is 7.03. The van der Waals surface area contributed by atoms with Crippen molar-refractivity contribution in [3.63, 3.8) is 0 Å². The molecular formula is C20H22ClFN6O2. The third-order valence-electron chi connectivity index (χ3n) is 5.04. The number of fused-ring (bicyclic) bond motifs is 1. The van der Waals surface area contributed by atoms with Crippen molar-refractivity contribution in [1.82, 2.24) is 25.3 Å². The summed E-state index contributed by atoms with van der Waals surface area (Å²) in [4.78, 5) is 27.5. The second kappa shape index (κ2) is 8.83. The molecule has 0 aromatic carbocycles. The second-order valence-electron chi connectivity index (χ2n) is 7.21. The number of hydrogen-bond acceptors (Lipinski definition) is 6. The van der Waals surface area contributed by atoms with Crippen LogP contribution in [0.25, 0.3) is 22.4 Å². The number of ether oxygens (including phenoxy) is 1. The van der Waals surface area contributed by atoms with Gasteiger partial charge < -0.3 is 20.4 Å². The minimum absolute atomic E-state index is 0.0606. The lowest BCUT2D eigenvalue weighted by Gasteiger charge is -2.29. The average molecular weight is 433 g/mol. The van der Waals surface area contributed by atoms with E-state index < -0.39 is 11.9 Å². The summed E-state index contributed by atoms with van der Waals surface area (Å²) in [6.45, 7) is 2.34. The number of halogens is 2. The van der Waals surface area contributed by atoms with Crippen molar-refractivity contribution in [3.8, 4) is 11.4 Å². The molecule has 10 heteroatoms. The van der Waals surface area contributed by atoms with Gasteiger partial charge in [0.05, 0.1) is 11.2 Å². The highest BCUT2D eigenvalue weighted by atomic mass is 35.5. The van der Waals surface area contributed by atoms with E-state index in [-0.39, 0.29) is 18.0 Å². The SMILES string of the molecule is CCNC(=O)OC1CCCC(Nc2nc(-c3c[nH]c4ncc(Cl)cc34)ncc2F)C1. The van der Waals surface area contributed by atoms with Crippen LogP contribution in [0.1, 0.15) is 32.6 Å². The molecule has 3 aromatic rings. The Morgan fingerprint density at radius 3 is 3.07 bits per heavy atom. The Morgan fingerprint density at radius 1 is 1.37 bits per heavy atom. The summed E-state index contributed by atoms with van der Waals surface area (Å²) in [7, 11) is 0. The molecule has 2 unspecified atom stereocenters. The van der Waals surface area contributed by atoms with Gasteiger partial charge in [-0.15, -0.1) is 0 Å². The van der Waals surface area contributed by atoms with Crippen molar-refractivity contribution >= 4 is 34.5 Å². The first-order valence-electron chi connectivity index (χ1n) is 9.90. The van der Waals surface area contributed by atoms with Crippen molar-refractivity contribution in [2.24, 2.45) is 0 Å². The highest BCUT2D eigenvalue weighted by molar-refractivity contribution is 6.31. The molecule has 1 aliphatic rings. The Labute approximate surface area is 177 Å². The quantitative estimate of drug-likeness (QED) is 0.555. The van der Waals surface area contributed by atoms with Crippen LogP contribution in [0, 0.1) is 5.82 Å². The number of alkyl carbamates (subject to hydrolysis) is 1. The maximum Gasteiger partial charge on any atom is 0.407 e. The van der Waals surface area contributed by atoms with E-state index in [9.17, 15) is 9.18 Å². The van der Waals surface area contributed by atoms with Gasteiger partial charge in [-0.3, -0.25) is 0 Å². The molecule has 1 aliphatic carbocycles. The summed E-state index contributed by atoms with van der Waals surface area (Å²) >= 11 is 6.06. The molecule has 1 saturated carbocycles. The molecule has 3 aromatic heterocycles. The number of carbonyl (C=O) groups excluding carboxylic acids is 1. The van der Waals surface area contributed by atoms with Gasteiger partial charge in [-0.25, -0.2) is 24.1 Å². The zero-order valence-electron chi connectivity index (χ0n) is 16.4. The van der Waals surface area contributed by atoms with Crippen LogP contribution in [-0.2, 0) is 4.74 Å². The fourth-order valence-corrected chi connectivity index (χ4v) is 3.83. The molecule has 8 nitrogen and oxygen atoms in total. The van der Waals surface area contributed by atoms with E-state index >= 15 is 0 Å². The normalized spacial score (nSPS) is 18.9. The van der Waals surface area contributed by atoms with Gasteiger partial charge in [0.15, 0.2) is 17.5 Å².